The first-order chi connectivity index (χ1) is 7.33. The van der Waals surface area contributed by atoms with Gasteiger partial charge in [0.05, 0.1) is 16.9 Å². The molecule has 2 heterocycles. The van der Waals surface area contributed by atoms with Gasteiger partial charge in [-0.3, -0.25) is 5.84 Å². The molecule has 2 N–H and O–H groups in total. The number of rotatable bonds is 1. The summed E-state index contributed by atoms with van der Waals surface area (Å²) in [5, 5.41) is 2.88. The molecule has 5 heteroatoms. The molecule has 1 aromatic carbocycles. The number of nitrogens with zero attached hydrogens (tertiary/aromatic N) is 3. The van der Waals surface area contributed by atoms with Crippen LogP contribution in [0.25, 0.3) is 10.2 Å². The van der Waals surface area contributed by atoms with Gasteiger partial charge in [0.25, 0.3) is 0 Å². The maximum Gasteiger partial charge on any atom is 0.187 e. The first-order valence-electron chi connectivity index (χ1n) is 4.93. The van der Waals surface area contributed by atoms with Gasteiger partial charge in [0.1, 0.15) is 0 Å². The molecule has 0 spiro atoms. The van der Waals surface area contributed by atoms with Crippen LogP contribution in [0, 0.1) is 0 Å². The lowest BCUT2D eigenvalue weighted by Gasteiger charge is -2.12. The van der Waals surface area contributed by atoms with Crippen molar-refractivity contribution in [2.45, 2.75) is 0 Å². The number of fused-ring (bicyclic) bond motifs is 1. The lowest BCUT2D eigenvalue weighted by molar-refractivity contribution is 0.358. The van der Waals surface area contributed by atoms with Crippen LogP contribution in [0.4, 0.5) is 5.13 Å². The van der Waals surface area contributed by atoms with Gasteiger partial charge in [-0.15, -0.1) is 0 Å². The van der Waals surface area contributed by atoms with Crippen molar-refractivity contribution in [1.29, 1.82) is 0 Å². The maximum atomic E-state index is 5.73. The van der Waals surface area contributed by atoms with Gasteiger partial charge >= 0.3 is 0 Å². The summed E-state index contributed by atoms with van der Waals surface area (Å²) >= 11 is 1.73. The van der Waals surface area contributed by atoms with Crippen LogP contribution in [-0.4, -0.2) is 29.8 Å². The van der Waals surface area contributed by atoms with Crippen molar-refractivity contribution in [3.8, 4) is 0 Å². The lowest BCUT2D eigenvalue weighted by Crippen LogP contribution is -2.30. The smallest absolute Gasteiger partial charge is 0.187 e. The molecule has 1 aliphatic rings. The van der Waals surface area contributed by atoms with Gasteiger partial charge in [-0.1, -0.05) is 23.5 Å². The van der Waals surface area contributed by atoms with Crippen molar-refractivity contribution < 1.29 is 0 Å². The largest absolute Gasteiger partial charge is 0.332 e. The van der Waals surface area contributed by atoms with Crippen molar-refractivity contribution in [3.63, 3.8) is 0 Å². The van der Waals surface area contributed by atoms with Crippen LogP contribution in [0.2, 0.25) is 0 Å². The van der Waals surface area contributed by atoms with Crippen LogP contribution < -0.4 is 10.7 Å². The van der Waals surface area contributed by atoms with Crippen LogP contribution in [0.5, 0.6) is 0 Å². The third-order valence-corrected chi connectivity index (χ3v) is 3.66. The molecule has 1 aliphatic heterocycles. The third-order valence-electron chi connectivity index (χ3n) is 2.56. The summed E-state index contributed by atoms with van der Waals surface area (Å²) in [5.41, 5.74) is 1.08. The standard InChI is InChI=1S/C10H12N4S/c11-14-6-5-13(7-14)10-12-8-3-1-2-4-9(8)15-10/h1-4H,5-7,11H2. The quantitative estimate of drug-likeness (QED) is 0.735. The average molecular weight is 220 g/mol. The SMILES string of the molecule is NN1CCN(c2nc3ccccc3s2)C1. The van der Waals surface area contributed by atoms with E-state index in [9.17, 15) is 0 Å². The Hall–Kier alpha value is -1.17. The number of hydrogen-bond donors (Lipinski definition) is 1. The van der Waals surface area contributed by atoms with E-state index in [0.717, 1.165) is 30.4 Å². The number of para-hydroxylation sites is 1. The van der Waals surface area contributed by atoms with Crippen molar-refractivity contribution in [3.05, 3.63) is 24.3 Å². The second kappa shape index (κ2) is 3.44. The Labute approximate surface area is 91.9 Å². The van der Waals surface area contributed by atoms with E-state index in [2.05, 4.69) is 16.0 Å². The number of anilines is 1. The summed E-state index contributed by atoms with van der Waals surface area (Å²) in [7, 11) is 0. The van der Waals surface area contributed by atoms with E-state index in [1.54, 1.807) is 11.3 Å². The van der Waals surface area contributed by atoms with Crippen LogP contribution >= 0.6 is 11.3 Å². The van der Waals surface area contributed by atoms with Crippen molar-refractivity contribution >= 4 is 26.7 Å². The molecule has 0 saturated carbocycles. The van der Waals surface area contributed by atoms with Crippen molar-refractivity contribution in [2.24, 2.45) is 5.84 Å². The number of hydrogen-bond acceptors (Lipinski definition) is 5. The molecule has 0 radical (unpaired) electrons. The van der Waals surface area contributed by atoms with Gasteiger partial charge in [0.2, 0.25) is 0 Å². The highest BCUT2D eigenvalue weighted by molar-refractivity contribution is 7.22. The molecule has 1 saturated heterocycles. The van der Waals surface area contributed by atoms with Gasteiger partial charge < -0.3 is 4.90 Å². The zero-order chi connectivity index (χ0) is 10.3. The fourth-order valence-electron chi connectivity index (χ4n) is 1.76. The minimum atomic E-state index is 0.778. The Bertz CT molecular complexity index is 448. The number of nitrogens with two attached hydrogens (primary N) is 1. The van der Waals surface area contributed by atoms with Crippen LogP contribution in [0.3, 0.4) is 0 Å². The molecule has 0 amide bonds. The second-order valence-corrected chi connectivity index (χ2v) is 4.69. The van der Waals surface area contributed by atoms with E-state index in [4.69, 9.17) is 5.84 Å². The predicted molar refractivity (Wildman–Crippen MR) is 62.7 cm³/mol. The first kappa shape index (κ1) is 9.08. The Morgan fingerprint density at radius 2 is 2.13 bits per heavy atom. The van der Waals surface area contributed by atoms with Crippen molar-refractivity contribution in [1.82, 2.24) is 9.99 Å². The van der Waals surface area contributed by atoms with Crippen LogP contribution in [0.1, 0.15) is 0 Å². The number of thiazole rings is 1. The molecule has 3 rings (SSSR count). The lowest BCUT2D eigenvalue weighted by atomic mass is 10.3. The molecule has 0 atom stereocenters. The molecule has 1 aromatic heterocycles. The van der Waals surface area contributed by atoms with E-state index in [1.165, 1.54) is 4.70 Å². The summed E-state index contributed by atoms with van der Waals surface area (Å²) < 4.78 is 1.24. The molecule has 0 unspecified atom stereocenters. The van der Waals surface area contributed by atoms with Gasteiger partial charge in [-0.25, -0.2) is 9.99 Å². The molecule has 2 aromatic rings. The molecule has 1 fully saturated rings. The fourth-order valence-corrected chi connectivity index (χ4v) is 2.74. The molecule has 0 aliphatic carbocycles. The van der Waals surface area contributed by atoms with Gasteiger partial charge in [-0.2, -0.15) is 0 Å². The zero-order valence-electron chi connectivity index (χ0n) is 8.26. The predicted octanol–water partition coefficient (Wildman–Crippen LogP) is 1.25. The normalized spacial score (nSPS) is 17.8. The molecule has 0 bridgehead atoms. The summed E-state index contributed by atoms with van der Waals surface area (Å²) in [4.78, 5) is 6.80. The molecular formula is C10H12N4S. The van der Waals surface area contributed by atoms with Crippen LogP contribution in [0.15, 0.2) is 24.3 Å². The van der Waals surface area contributed by atoms with E-state index in [1.807, 2.05) is 23.2 Å². The van der Waals surface area contributed by atoms with Crippen molar-refractivity contribution in [2.75, 3.05) is 24.7 Å². The molecule has 78 valence electrons. The van der Waals surface area contributed by atoms with Gasteiger partial charge in [-0.05, 0) is 12.1 Å². The highest BCUT2D eigenvalue weighted by atomic mass is 32.1. The second-order valence-electron chi connectivity index (χ2n) is 3.68. The topological polar surface area (TPSA) is 45.4 Å². The Balaban J connectivity index is 1.98. The summed E-state index contributed by atoms with van der Waals surface area (Å²) in [6.07, 6.45) is 0. The van der Waals surface area contributed by atoms with E-state index in [-0.39, 0.29) is 0 Å². The number of hydrazine groups is 1. The van der Waals surface area contributed by atoms with E-state index < -0.39 is 0 Å². The minimum Gasteiger partial charge on any atom is -0.332 e. The summed E-state index contributed by atoms with van der Waals surface area (Å²) in [5.74, 6) is 5.73. The Morgan fingerprint density at radius 3 is 2.87 bits per heavy atom. The molecular weight excluding hydrogens is 208 g/mol. The maximum absolute atomic E-state index is 5.73. The van der Waals surface area contributed by atoms with Gasteiger partial charge in [0, 0.05) is 13.1 Å². The minimum absolute atomic E-state index is 0.778. The summed E-state index contributed by atoms with van der Waals surface area (Å²) in [6, 6.07) is 8.22. The number of aromatic nitrogens is 1. The zero-order valence-corrected chi connectivity index (χ0v) is 9.07. The number of benzene rings is 1. The third kappa shape index (κ3) is 1.58. The van der Waals surface area contributed by atoms with E-state index >= 15 is 0 Å². The summed E-state index contributed by atoms with van der Waals surface area (Å²) in [6.45, 7) is 2.66. The Morgan fingerprint density at radius 1 is 1.27 bits per heavy atom. The van der Waals surface area contributed by atoms with Crippen LogP contribution in [-0.2, 0) is 0 Å². The fraction of sp³-hybridized carbons (Fsp3) is 0.300. The highest BCUT2D eigenvalue weighted by Gasteiger charge is 2.19. The highest BCUT2D eigenvalue weighted by Crippen LogP contribution is 2.29. The first-order valence-corrected chi connectivity index (χ1v) is 5.75. The van der Waals surface area contributed by atoms with Gasteiger partial charge in [0.15, 0.2) is 5.13 Å². The average Bonchev–Trinajstić information content (AvgIpc) is 2.82. The van der Waals surface area contributed by atoms with E-state index in [0.29, 0.717) is 0 Å². The molecule has 15 heavy (non-hydrogen) atoms. The Kier molecular flexibility index (Phi) is 2.09. The molecule has 4 nitrogen and oxygen atoms in total. The monoisotopic (exact) mass is 220 g/mol.